The summed E-state index contributed by atoms with van der Waals surface area (Å²) in [5.74, 6) is 0.125. The summed E-state index contributed by atoms with van der Waals surface area (Å²) in [4.78, 5) is 23.8. The molecular formula is C11H20N2O4S. The average molecular weight is 276 g/mol. The van der Waals surface area contributed by atoms with Gasteiger partial charge in [0.1, 0.15) is 6.54 Å². The van der Waals surface area contributed by atoms with Crippen LogP contribution in [0, 0.1) is 0 Å². The molecule has 0 aromatic rings. The molecule has 0 aromatic heterocycles. The highest BCUT2D eigenvalue weighted by Gasteiger charge is 2.20. The summed E-state index contributed by atoms with van der Waals surface area (Å²) in [6.45, 7) is 0.922. The fourth-order valence-corrected chi connectivity index (χ4v) is 2.94. The van der Waals surface area contributed by atoms with Crippen LogP contribution in [0.5, 0.6) is 0 Å². The van der Waals surface area contributed by atoms with E-state index < -0.39 is 5.97 Å². The smallest absolute Gasteiger partial charge is 0.323 e. The Morgan fingerprint density at radius 2 is 2.33 bits per heavy atom. The maximum absolute atomic E-state index is 11.8. The first kappa shape index (κ1) is 15.1. The van der Waals surface area contributed by atoms with E-state index in [2.05, 4.69) is 5.32 Å². The molecule has 1 atom stereocenters. The van der Waals surface area contributed by atoms with Gasteiger partial charge in [-0.3, -0.25) is 4.79 Å². The molecule has 0 bridgehead atoms. The van der Waals surface area contributed by atoms with Gasteiger partial charge in [0.2, 0.25) is 0 Å². The second-order valence-corrected chi connectivity index (χ2v) is 5.54. The number of ether oxygens (including phenoxy) is 1. The summed E-state index contributed by atoms with van der Waals surface area (Å²) in [6.07, 6.45) is 2.30. The first-order valence-corrected chi connectivity index (χ1v) is 7.03. The van der Waals surface area contributed by atoms with Gasteiger partial charge in [-0.1, -0.05) is 0 Å². The largest absolute Gasteiger partial charge is 0.480 e. The average Bonchev–Trinajstić information content (AvgIpc) is 2.84. The van der Waals surface area contributed by atoms with E-state index >= 15 is 0 Å². The first-order valence-electron chi connectivity index (χ1n) is 5.98. The minimum atomic E-state index is -1.02. The summed E-state index contributed by atoms with van der Waals surface area (Å²) < 4.78 is 4.86. The molecular weight excluding hydrogens is 256 g/mol. The van der Waals surface area contributed by atoms with E-state index in [4.69, 9.17) is 9.84 Å². The lowest BCUT2D eigenvalue weighted by Crippen LogP contribution is -2.45. The zero-order valence-electron chi connectivity index (χ0n) is 10.6. The van der Waals surface area contributed by atoms with E-state index in [1.54, 1.807) is 0 Å². The number of nitrogens with one attached hydrogen (secondary N) is 1. The van der Waals surface area contributed by atoms with Crippen LogP contribution in [0.3, 0.4) is 0 Å². The van der Waals surface area contributed by atoms with Crippen LogP contribution in [0.1, 0.15) is 12.8 Å². The van der Waals surface area contributed by atoms with Gasteiger partial charge in [-0.15, -0.1) is 0 Å². The van der Waals surface area contributed by atoms with Gasteiger partial charge in [-0.2, -0.15) is 11.8 Å². The third-order valence-corrected chi connectivity index (χ3v) is 4.08. The fraction of sp³-hybridized carbons (Fsp3) is 0.818. The second-order valence-electron chi connectivity index (χ2n) is 4.13. The van der Waals surface area contributed by atoms with Crippen molar-refractivity contribution >= 4 is 23.8 Å². The number of carbonyl (C=O) groups excluding carboxylic acids is 1. The van der Waals surface area contributed by atoms with Crippen LogP contribution < -0.4 is 5.32 Å². The molecule has 0 saturated carbocycles. The molecule has 2 N–H and O–H groups in total. The Morgan fingerprint density at radius 3 is 2.89 bits per heavy atom. The number of amides is 2. The Morgan fingerprint density at radius 1 is 1.56 bits per heavy atom. The molecule has 1 heterocycles. The highest BCUT2D eigenvalue weighted by atomic mass is 32.2. The van der Waals surface area contributed by atoms with Gasteiger partial charge in [0.25, 0.3) is 0 Å². The minimum Gasteiger partial charge on any atom is -0.480 e. The van der Waals surface area contributed by atoms with Crippen molar-refractivity contribution in [1.29, 1.82) is 0 Å². The highest BCUT2D eigenvalue weighted by molar-refractivity contribution is 8.00. The van der Waals surface area contributed by atoms with Crippen molar-refractivity contribution in [2.75, 3.05) is 39.1 Å². The predicted octanol–water partition coefficient (Wildman–Crippen LogP) is 0.625. The third kappa shape index (κ3) is 5.59. The lowest BCUT2D eigenvalue weighted by atomic mass is 10.2. The van der Waals surface area contributed by atoms with E-state index in [0.29, 0.717) is 18.4 Å². The SMILES string of the molecule is COCCN(CC(=O)O)C(=O)NCC1CCCS1. The number of thioether (sulfide) groups is 1. The number of hydrogen-bond donors (Lipinski definition) is 2. The molecule has 1 aliphatic rings. The normalized spacial score (nSPS) is 18.6. The number of carbonyl (C=O) groups is 2. The Bertz CT molecular complexity index is 282. The van der Waals surface area contributed by atoms with E-state index in [9.17, 15) is 9.59 Å². The van der Waals surface area contributed by atoms with E-state index in [-0.39, 0.29) is 19.1 Å². The monoisotopic (exact) mass is 276 g/mol. The standard InChI is InChI=1S/C11H20N2O4S/c1-17-5-4-13(8-10(14)15)11(16)12-7-9-3-2-6-18-9/h9H,2-8H2,1H3,(H,12,16)(H,14,15). The molecule has 1 fully saturated rings. The highest BCUT2D eigenvalue weighted by Crippen LogP contribution is 2.25. The molecule has 1 saturated heterocycles. The van der Waals surface area contributed by atoms with Gasteiger partial charge < -0.3 is 20.1 Å². The van der Waals surface area contributed by atoms with Gasteiger partial charge >= 0.3 is 12.0 Å². The number of methoxy groups -OCH3 is 1. The maximum Gasteiger partial charge on any atom is 0.323 e. The molecule has 7 heteroatoms. The molecule has 1 rings (SSSR count). The number of carboxylic acid groups (broad SMARTS) is 1. The van der Waals surface area contributed by atoms with Crippen molar-refractivity contribution in [2.45, 2.75) is 18.1 Å². The Balaban J connectivity index is 2.34. The van der Waals surface area contributed by atoms with E-state index in [0.717, 1.165) is 12.2 Å². The molecule has 0 aliphatic carbocycles. The van der Waals surface area contributed by atoms with Crippen molar-refractivity contribution in [3.8, 4) is 0 Å². The maximum atomic E-state index is 11.8. The van der Waals surface area contributed by atoms with Crippen molar-refractivity contribution in [3.05, 3.63) is 0 Å². The van der Waals surface area contributed by atoms with Crippen LogP contribution in [0.4, 0.5) is 4.79 Å². The van der Waals surface area contributed by atoms with Crippen LogP contribution in [0.15, 0.2) is 0 Å². The Hall–Kier alpha value is -0.950. The van der Waals surface area contributed by atoms with Crippen LogP contribution in [0.2, 0.25) is 0 Å². The Kier molecular flexibility index (Phi) is 6.89. The van der Waals surface area contributed by atoms with Gasteiger partial charge in [-0.05, 0) is 18.6 Å². The quantitative estimate of drug-likeness (QED) is 0.713. The first-order chi connectivity index (χ1) is 8.63. The zero-order valence-corrected chi connectivity index (χ0v) is 11.4. The number of nitrogens with zero attached hydrogens (tertiary/aromatic N) is 1. The van der Waals surface area contributed by atoms with Crippen LogP contribution >= 0.6 is 11.8 Å². The molecule has 104 valence electrons. The fourth-order valence-electron chi connectivity index (χ4n) is 1.74. The molecule has 2 amide bonds. The number of rotatable bonds is 7. The van der Waals surface area contributed by atoms with Crippen molar-refractivity contribution in [1.82, 2.24) is 10.2 Å². The van der Waals surface area contributed by atoms with Crippen LogP contribution in [-0.4, -0.2) is 66.4 Å². The van der Waals surface area contributed by atoms with Crippen molar-refractivity contribution in [2.24, 2.45) is 0 Å². The number of hydrogen-bond acceptors (Lipinski definition) is 4. The van der Waals surface area contributed by atoms with Gasteiger partial charge in [0, 0.05) is 25.4 Å². The molecule has 6 nitrogen and oxygen atoms in total. The lowest BCUT2D eigenvalue weighted by Gasteiger charge is -2.21. The van der Waals surface area contributed by atoms with Crippen LogP contribution in [0.25, 0.3) is 0 Å². The molecule has 0 radical (unpaired) electrons. The second kappa shape index (κ2) is 8.20. The third-order valence-electron chi connectivity index (χ3n) is 2.68. The summed E-state index contributed by atoms with van der Waals surface area (Å²) >= 11 is 1.85. The zero-order chi connectivity index (χ0) is 13.4. The summed E-state index contributed by atoms with van der Waals surface area (Å²) in [7, 11) is 1.52. The van der Waals surface area contributed by atoms with Crippen LogP contribution in [-0.2, 0) is 9.53 Å². The molecule has 1 unspecified atom stereocenters. The lowest BCUT2D eigenvalue weighted by molar-refractivity contribution is -0.137. The van der Waals surface area contributed by atoms with E-state index in [1.165, 1.54) is 18.4 Å². The molecule has 1 aliphatic heterocycles. The molecule has 0 aromatic carbocycles. The Labute approximate surface area is 111 Å². The minimum absolute atomic E-state index is 0.284. The van der Waals surface area contributed by atoms with Crippen molar-refractivity contribution < 1.29 is 19.4 Å². The van der Waals surface area contributed by atoms with Crippen molar-refractivity contribution in [3.63, 3.8) is 0 Å². The van der Waals surface area contributed by atoms with Gasteiger partial charge in [0.05, 0.1) is 6.61 Å². The molecule has 18 heavy (non-hydrogen) atoms. The topological polar surface area (TPSA) is 78.9 Å². The van der Waals surface area contributed by atoms with Gasteiger partial charge in [-0.25, -0.2) is 4.79 Å². The predicted molar refractivity (Wildman–Crippen MR) is 70.0 cm³/mol. The number of urea groups is 1. The van der Waals surface area contributed by atoms with E-state index in [1.807, 2.05) is 11.8 Å². The molecule has 0 spiro atoms. The summed E-state index contributed by atoms with van der Waals surface area (Å²) in [5.41, 5.74) is 0. The summed E-state index contributed by atoms with van der Waals surface area (Å²) in [5, 5.41) is 12.0. The van der Waals surface area contributed by atoms with Gasteiger partial charge in [0.15, 0.2) is 0 Å². The summed E-state index contributed by atoms with van der Waals surface area (Å²) in [6, 6.07) is -0.332. The number of carboxylic acids is 1. The number of aliphatic carboxylic acids is 1.